The minimum absolute atomic E-state index is 0.120. The number of nitrogens with one attached hydrogen (secondary N) is 3. The molecule has 25 heavy (non-hydrogen) atoms. The van der Waals surface area contributed by atoms with E-state index in [1.165, 1.54) is 6.92 Å². The van der Waals surface area contributed by atoms with E-state index >= 15 is 0 Å². The Morgan fingerprint density at radius 1 is 1.08 bits per heavy atom. The van der Waals surface area contributed by atoms with Crippen LogP contribution in [0.25, 0.3) is 0 Å². The number of carbonyl (C=O) groups excluding carboxylic acids is 2. The largest absolute Gasteiger partial charge is 0.341 e. The number of para-hydroxylation sites is 1. The van der Waals surface area contributed by atoms with E-state index in [2.05, 4.69) is 29.8 Å². The lowest BCUT2D eigenvalue weighted by molar-refractivity contribution is -0.114. The molecule has 0 saturated heterocycles. The van der Waals surface area contributed by atoms with Crippen molar-refractivity contribution in [1.29, 1.82) is 0 Å². The molecule has 3 amide bonds. The SMILES string of the molecule is [CH2]C(CC)(c1cccc(NC(C)=O)c1)c1ccccc1NC(=O)NC. The summed E-state index contributed by atoms with van der Waals surface area (Å²) in [5.41, 5.74) is 2.76. The summed E-state index contributed by atoms with van der Waals surface area (Å²) in [6.45, 7) is 7.99. The van der Waals surface area contributed by atoms with Crippen molar-refractivity contribution in [2.75, 3.05) is 17.7 Å². The van der Waals surface area contributed by atoms with Crippen molar-refractivity contribution in [3.63, 3.8) is 0 Å². The first-order chi connectivity index (χ1) is 11.9. The van der Waals surface area contributed by atoms with Gasteiger partial charge in [0.25, 0.3) is 0 Å². The second-order valence-electron chi connectivity index (χ2n) is 5.95. The molecular formula is C20H24N3O2. The molecule has 131 valence electrons. The molecule has 5 heteroatoms. The summed E-state index contributed by atoms with van der Waals surface area (Å²) in [5, 5.41) is 8.22. The Kier molecular flexibility index (Phi) is 5.80. The molecule has 0 spiro atoms. The quantitative estimate of drug-likeness (QED) is 0.773. The second kappa shape index (κ2) is 7.83. The lowest BCUT2D eigenvalue weighted by Crippen LogP contribution is -2.29. The molecule has 0 aliphatic heterocycles. The molecule has 0 fully saturated rings. The number of hydrogen-bond donors (Lipinski definition) is 3. The van der Waals surface area contributed by atoms with E-state index in [4.69, 9.17) is 0 Å². The monoisotopic (exact) mass is 338 g/mol. The molecule has 5 nitrogen and oxygen atoms in total. The first-order valence-electron chi connectivity index (χ1n) is 8.22. The zero-order valence-electron chi connectivity index (χ0n) is 14.8. The smallest absolute Gasteiger partial charge is 0.318 e. The second-order valence-corrected chi connectivity index (χ2v) is 5.95. The number of hydrogen-bond acceptors (Lipinski definition) is 2. The maximum absolute atomic E-state index is 11.8. The summed E-state index contributed by atoms with van der Waals surface area (Å²) in [4.78, 5) is 23.1. The fraction of sp³-hybridized carbons (Fsp3) is 0.250. The number of anilines is 2. The summed E-state index contributed by atoms with van der Waals surface area (Å²) >= 11 is 0. The van der Waals surface area contributed by atoms with Crippen LogP contribution in [0.3, 0.4) is 0 Å². The predicted octanol–water partition coefficient (Wildman–Crippen LogP) is 3.93. The molecule has 3 N–H and O–H groups in total. The van der Waals surface area contributed by atoms with Crippen LogP contribution in [0.15, 0.2) is 48.5 Å². The van der Waals surface area contributed by atoms with Crippen LogP contribution in [0.5, 0.6) is 0 Å². The van der Waals surface area contributed by atoms with Crippen molar-refractivity contribution in [2.45, 2.75) is 25.7 Å². The molecule has 1 unspecified atom stereocenters. The fourth-order valence-corrected chi connectivity index (χ4v) is 2.84. The van der Waals surface area contributed by atoms with Gasteiger partial charge in [0.2, 0.25) is 5.91 Å². The first-order valence-corrected chi connectivity index (χ1v) is 8.22. The molecule has 1 atom stereocenters. The number of benzene rings is 2. The molecule has 0 bridgehead atoms. The molecule has 2 aromatic carbocycles. The molecule has 2 aromatic rings. The van der Waals surface area contributed by atoms with Crippen molar-refractivity contribution in [2.24, 2.45) is 0 Å². The fourth-order valence-electron chi connectivity index (χ4n) is 2.84. The standard InChI is InChI=1S/C20H24N3O2/c1-5-20(3,15-9-8-10-16(13-15)22-14(2)24)17-11-6-7-12-18(17)23-19(25)21-4/h6-13H,3,5H2,1-2,4H3,(H,22,24)(H2,21,23,25). The summed E-state index contributed by atoms with van der Waals surface area (Å²) in [6.07, 6.45) is 0.725. The summed E-state index contributed by atoms with van der Waals surface area (Å²) in [6, 6.07) is 15.0. The predicted molar refractivity (Wildman–Crippen MR) is 102 cm³/mol. The summed E-state index contributed by atoms with van der Waals surface area (Å²) in [7, 11) is 1.58. The van der Waals surface area contributed by atoms with Gasteiger partial charge in [0, 0.05) is 30.8 Å². The molecule has 0 aromatic heterocycles. The summed E-state index contributed by atoms with van der Waals surface area (Å²) in [5.74, 6) is -0.120. The highest BCUT2D eigenvalue weighted by Gasteiger charge is 2.30. The van der Waals surface area contributed by atoms with Crippen molar-refractivity contribution in [3.05, 3.63) is 66.6 Å². The van der Waals surface area contributed by atoms with Gasteiger partial charge in [-0.25, -0.2) is 4.79 Å². The number of amides is 3. The molecule has 0 saturated carbocycles. The highest BCUT2D eigenvalue weighted by Crippen LogP contribution is 2.39. The Bertz CT molecular complexity index is 773. The van der Waals surface area contributed by atoms with Crippen LogP contribution >= 0.6 is 0 Å². The van der Waals surface area contributed by atoms with Crippen molar-refractivity contribution in [3.8, 4) is 0 Å². The third-order valence-corrected chi connectivity index (χ3v) is 4.26. The van der Waals surface area contributed by atoms with Crippen molar-refractivity contribution < 1.29 is 9.59 Å². The van der Waals surface area contributed by atoms with Gasteiger partial charge < -0.3 is 16.0 Å². The van der Waals surface area contributed by atoms with Gasteiger partial charge in [0.05, 0.1) is 0 Å². The Morgan fingerprint density at radius 2 is 1.80 bits per heavy atom. The Labute approximate surface area is 148 Å². The highest BCUT2D eigenvalue weighted by molar-refractivity contribution is 5.90. The summed E-state index contributed by atoms with van der Waals surface area (Å²) < 4.78 is 0. The van der Waals surface area contributed by atoms with E-state index in [1.54, 1.807) is 7.05 Å². The Hall–Kier alpha value is -2.82. The van der Waals surface area contributed by atoms with Crippen LogP contribution in [-0.2, 0) is 10.2 Å². The Morgan fingerprint density at radius 3 is 2.44 bits per heavy atom. The number of rotatable bonds is 5. The van der Waals surface area contributed by atoms with Crippen LogP contribution in [0.1, 0.15) is 31.4 Å². The van der Waals surface area contributed by atoms with Gasteiger partial charge in [-0.3, -0.25) is 4.79 Å². The van der Waals surface area contributed by atoms with E-state index in [0.29, 0.717) is 5.69 Å². The van der Waals surface area contributed by atoms with Crippen molar-refractivity contribution in [1.82, 2.24) is 5.32 Å². The van der Waals surface area contributed by atoms with Gasteiger partial charge in [0.1, 0.15) is 0 Å². The van der Waals surface area contributed by atoms with Gasteiger partial charge >= 0.3 is 6.03 Å². The highest BCUT2D eigenvalue weighted by atomic mass is 16.2. The average molecular weight is 338 g/mol. The number of carbonyl (C=O) groups is 2. The van der Waals surface area contributed by atoms with Gasteiger partial charge in [0.15, 0.2) is 0 Å². The van der Waals surface area contributed by atoms with Crippen molar-refractivity contribution >= 4 is 23.3 Å². The van der Waals surface area contributed by atoms with Gasteiger partial charge in [-0.05, 0) is 42.7 Å². The van der Waals surface area contributed by atoms with E-state index in [-0.39, 0.29) is 11.9 Å². The van der Waals surface area contributed by atoms with Crippen LogP contribution in [-0.4, -0.2) is 19.0 Å². The molecule has 1 radical (unpaired) electrons. The van der Waals surface area contributed by atoms with Gasteiger partial charge in [-0.2, -0.15) is 0 Å². The lowest BCUT2D eigenvalue weighted by Gasteiger charge is -2.32. The number of urea groups is 1. The third-order valence-electron chi connectivity index (χ3n) is 4.26. The minimum Gasteiger partial charge on any atom is -0.341 e. The maximum Gasteiger partial charge on any atom is 0.318 e. The van der Waals surface area contributed by atoms with Crippen LogP contribution < -0.4 is 16.0 Å². The molecule has 0 aliphatic rings. The lowest BCUT2D eigenvalue weighted by atomic mass is 9.73. The molecular weight excluding hydrogens is 314 g/mol. The molecule has 0 heterocycles. The van der Waals surface area contributed by atoms with Crippen LogP contribution in [0.2, 0.25) is 0 Å². The molecule has 2 rings (SSSR count). The first kappa shape index (κ1) is 18.5. The topological polar surface area (TPSA) is 70.2 Å². The zero-order chi connectivity index (χ0) is 18.4. The van der Waals surface area contributed by atoms with Crippen LogP contribution in [0.4, 0.5) is 16.2 Å². The maximum atomic E-state index is 11.8. The molecule has 0 aliphatic carbocycles. The van der Waals surface area contributed by atoms with Gasteiger partial charge in [-0.1, -0.05) is 37.3 Å². The zero-order valence-corrected chi connectivity index (χ0v) is 14.8. The van der Waals surface area contributed by atoms with Gasteiger partial charge in [-0.15, -0.1) is 0 Å². The minimum atomic E-state index is -0.563. The van der Waals surface area contributed by atoms with E-state index < -0.39 is 5.41 Å². The van der Waals surface area contributed by atoms with Crippen LogP contribution in [0, 0.1) is 6.92 Å². The van der Waals surface area contributed by atoms with E-state index in [0.717, 1.165) is 23.2 Å². The Balaban J connectivity index is 2.51. The van der Waals surface area contributed by atoms with E-state index in [9.17, 15) is 9.59 Å². The van der Waals surface area contributed by atoms with E-state index in [1.807, 2.05) is 48.5 Å². The third kappa shape index (κ3) is 4.18. The average Bonchev–Trinajstić information content (AvgIpc) is 2.61. The normalized spacial score (nSPS) is 12.8.